The van der Waals surface area contributed by atoms with Crippen LogP contribution in [0, 0.1) is 6.92 Å². The van der Waals surface area contributed by atoms with E-state index in [0.717, 1.165) is 6.20 Å². The molecule has 0 fully saturated rings. The molecular formula is C8H5BrClF2NO. The van der Waals surface area contributed by atoms with Crippen LogP contribution in [0.5, 0.6) is 0 Å². The molecule has 1 aromatic rings. The first kappa shape index (κ1) is 11.5. The van der Waals surface area contributed by atoms with Gasteiger partial charge < -0.3 is 0 Å². The maximum Gasteiger partial charge on any atom is 0.266 e. The zero-order valence-electron chi connectivity index (χ0n) is 7.02. The number of pyridine rings is 1. The number of halogens is 4. The zero-order chi connectivity index (χ0) is 10.9. The van der Waals surface area contributed by atoms with Crippen molar-refractivity contribution in [1.29, 1.82) is 0 Å². The normalized spacial score (nSPS) is 10.7. The van der Waals surface area contributed by atoms with E-state index in [1.54, 1.807) is 0 Å². The fourth-order valence-corrected chi connectivity index (χ4v) is 2.06. The number of alkyl halides is 2. The maximum absolute atomic E-state index is 12.4. The van der Waals surface area contributed by atoms with Gasteiger partial charge in [-0.15, -0.1) is 0 Å². The lowest BCUT2D eigenvalue weighted by molar-refractivity contribution is 0.107. The molecule has 6 heteroatoms. The molecule has 0 saturated carbocycles. The lowest BCUT2D eigenvalue weighted by Crippen LogP contribution is -2.02. The van der Waals surface area contributed by atoms with Crippen LogP contribution < -0.4 is 0 Å². The molecule has 0 aliphatic rings. The SMILES string of the molecule is Cc1ncc(C(F)F)c(Br)c1C(=O)Cl. The number of nitrogens with zero attached hydrogens (tertiary/aromatic N) is 1. The number of hydrogen-bond acceptors (Lipinski definition) is 2. The van der Waals surface area contributed by atoms with Crippen LogP contribution in [-0.4, -0.2) is 10.2 Å². The third kappa shape index (κ3) is 2.09. The van der Waals surface area contributed by atoms with Crippen molar-refractivity contribution < 1.29 is 13.6 Å². The van der Waals surface area contributed by atoms with Crippen molar-refractivity contribution >= 4 is 32.8 Å². The Labute approximate surface area is 92.4 Å². The fraction of sp³-hybridized carbons (Fsp3) is 0.250. The average Bonchev–Trinajstić information content (AvgIpc) is 2.02. The molecule has 76 valence electrons. The van der Waals surface area contributed by atoms with Gasteiger partial charge in [-0.1, -0.05) is 0 Å². The highest BCUT2D eigenvalue weighted by molar-refractivity contribution is 9.10. The molecule has 1 heterocycles. The summed E-state index contributed by atoms with van der Waals surface area (Å²) in [5.41, 5.74) is -0.0228. The Morgan fingerprint density at radius 3 is 2.64 bits per heavy atom. The summed E-state index contributed by atoms with van der Waals surface area (Å²) >= 11 is 8.14. The van der Waals surface area contributed by atoms with Crippen LogP contribution in [0.25, 0.3) is 0 Å². The van der Waals surface area contributed by atoms with Gasteiger partial charge in [0.1, 0.15) is 0 Å². The molecule has 0 amide bonds. The Balaban J connectivity index is 3.41. The lowest BCUT2D eigenvalue weighted by atomic mass is 10.1. The molecule has 0 unspecified atom stereocenters. The van der Waals surface area contributed by atoms with Gasteiger partial charge in [0.15, 0.2) is 0 Å². The Bertz CT molecular complexity index is 384. The summed E-state index contributed by atoms with van der Waals surface area (Å²) in [6.07, 6.45) is -1.67. The number of aromatic nitrogens is 1. The van der Waals surface area contributed by atoms with Gasteiger partial charge in [-0.25, -0.2) is 8.78 Å². The predicted octanol–water partition coefficient (Wildman–Crippen LogP) is 3.47. The third-order valence-electron chi connectivity index (χ3n) is 1.66. The van der Waals surface area contributed by atoms with Crippen molar-refractivity contribution in [2.24, 2.45) is 0 Å². The van der Waals surface area contributed by atoms with Gasteiger partial charge in [0.2, 0.25) is 0 Å². The van der Waals surface area contributed by atoms with Gasteiger partial charge in [0, 0.05) is 10.7 Å². The third-order valence-corrected chi connectivity index (χ3v) is 2.71. The highest BCUT2D eigenvalue weighted by atomic mass is 79.9. The van der Waals surface area contributed by atoms with Crippen LogP contribution in [-0.2, 0) is 0 Å². The summed E-state index contributed by atoms with van der Waals surface area (Å²) in [6.45, 7) is 1.52. The predicted molar refractivity (Wildman–Crippen MR) is 51.8 cm³/mol. The van der Waals surface area contributed by atoms with E-state index in [0.29, 0.717) is 5.69 Å². The highest BCUT2D eigenvalue weighted by Gasteiger charge is 2.20. The lowest BCUT2D eigenvalue weighted by Gasteiger charge is -2.07. The van der Waals surface area contributed by atoms with Crippen LogP contribution in [0.15, 0.2) is 10.7 Å². The number of aryl methyl sites for hydroxylation is 1. The zero-order valence-corrected chi connectivity index (χ0v) is 9.36. The van der Waals surface area contributed by atoms with E-state index in [2.05, 4.69) is 20.9 Å². The molecular weight excluding hydrogens is 279 g/mol. The van der Waals surface area contributed by atoms with Crippen molar-refractivity contribution in [2.45, 2.75) is 13.3 Å². The molecule has 0 bridgehead atoms. The minimum Gasteiger partial charge on any atom is -0.275 e. The number of rotatable bonds is 2. The molecule has 1 rings (SSSR count). The largest absolute Gasteiger partial charge is 0.275 e. The van der Waals surface area contributed by atoms with Crippen molar-refractivity contribution in [3.8, 4) is 0 Å². The van der Waals surface area contributed by atoms with Crippen LogP contribution in [0.2, 0.25) is 0 Å². The van der Waals surface area contributed by atoms with E-state index in [4.69, 9.17) is 11.6 Å². The molecule has 2 nitrogen and oxygen atoms in total. The molecule has 0 aromatic carbocycles. The summed E-state index contributed by atoms with van der Waals surface area (Å²) in [7, 11) is 0. The second kappa shape index (κ2) is 4.31. The van der Waals surface area contributed by atoms with Gasteiger partial charge in [0.05, 0.1) is 16.8 Å². The van der Waals surface area contributed by atoms with Crippen molar-refractivity contribution in [3.05, 3.63) is 27.5 Å². The first-order chi connectivity index (χ1) is 6.45. The Kier molecular flexibility index (Phi) is 3.55. The number of hydrogen-bond donors (Lipinski definition) is 0. The van der Waals surface area contributed by atoms with E-state index >= 15 is 0 Å². The molecule has 0 saturated heterocycles. The summed E-state index contributed by atoms with van der Waals surface area (Å²) in [5, 5.41) is -0.802. The molecule has 1 aromatic heterocycles. The molecule has 0 atom stereocenters. The summed E-state index contributed by atoms with van der Waals surface area (Å²) in [5.74, 6) is 0. The molecule has 0 N–H and O–H groups in total. The topological polar surface area (TPSA) is 30.0 Å². The smallest absolute Gasteiger partial charge is 0.266 e. The summed E-state index contributed by atoms with van der Waals surface area (Å²) in [4.78, 5) is 14.6. The first-order valence-electron chi connectivity index (χ1n) is 3.58. The van der Waals surface area contributed by atoms with Crippen molar-refractivity contribution in [1.82, 2.24) is 4.98 Å². The van der Waals surface area contributed by atoms with Crippen LogP contribution in [0.1, 0.15) is 28.0 Å². The Morgan fingerprint density at radius 2 is 2.21 bits per heavy atom. The van der Waals surface area contributed by atoms with Crippen LogP contribution >= 0.6 is 27.5 Å². The summed E-state index contributed by atoms with van der Waals surface area (Å²) in [6, 6.07) is 0. The fourth-order valence-electron chi connectivity index (χ4n) is 0.971. The van der Waals surface area contributed by atoms with E-state index in [1.165, 1.54) is 6.92 Å². The first-order valence-corrected chi connectivity index (χ1v) is 4.75. The van der Waals surface area contributed by atoms with Crippen molar-refractivity contribution in [3.63, 3.8) is 0 Å². The molecule has 14 heavy (non-hydrogen) atoms. The molecule has 0 spiro atoms. The van der Waals surface area contributed by atoms with Crippen molar-refractivity contribution in [2.75, 3.05) is 0 Å². The van der Waals surface area contributed by atoms with Gasteiger partial charge in [-0.05, 0) is 34.5 Å². The van der Waals surface area contributed by atoms with Gasteiger partial charge in [-0.3, -0.25) is 9.78 Å². The highest BCUT2D eigenvalue weighted by Crippen LogP contribution is 2.31. The van der Waals surface area contributed by atoms with Gasteiger partial charge in [-0.2, -0.15) is 0 Å². The second-order valence-electron chi connectivity index (χ2n) is 2.56. The van der Waals surface area contributed by atoms with Crippen LogP contribution in [0.4, 0.5) is 8.78 Å². The molecule has 0 radical (unpaired) electrons. The Morgan fingerprint density at radius 1 is 1.64 bits per heavy atom. The van der Waals surface area contributed by atoms with E-state index in [9.17, 15) is 13.6 Å². The minimum absolute atomic E-state index is 0.00975. The monoisotopic (exact) mass is 283 g/mol. The Hall–Kier alpha value is -0.550. The van der Waals surface area contributed by atoms with Crippen LogP contribution in [0.3, 0.4) is 0 Å². The molecule has 0 aliphatic heterocycles. The summed E-state index contributed by atoms with van der Waals surface area (Å²) < 4.78 is 24.8. The minimum atomic E-state index is -2.69. The maximum atomic E-state index is 12.4. The van der Waals surface area contributed by atoms with Gasteiger partial charge >= 0.3 is 0 Å². The van der Waals surface area contributed by atoms with Gasteiger partial charge in [0.25, 0.3) is 11.7 Å². The van der Waals surface area contributed by atoms with E-state index < -0.39 is 11.7 Å². The second-order valence-corrected chi connectivity index (χ2v) is 3.70. The quantitative estimate of drug-likeness (QED) is 0.778. The van der Waals surface area contributed by atoms with E-state index in [-0.39, 0.29) is 15.6 Å². The number of carbonyl (C=O) groups excluding carboxylic acids is 1. The average molecular weight is 284 g/mol. The van der Waals surface area contributed by atoms with E-state index in [1.807, 2.05) is 0 Å². The number of carbonyl (C=O) groups is 1. The standard InChI is InChI=1S/C8H5BrClF2NO/c1-3-5(7(10)14)6(9)4(2-13-3)8(11)12/h2,8H,1H3. The molecule has 0 aliphatic carbocycles.